The largest absolute Gasteiger partial charge is 0.493 e. The van der Waals surface area contributed by atoms with Crippen LogP contribution < -0.4 is 9.47 Å². The highest BCUT2D eigenvalue weighted by Gasteiger charge is 2.31. The van der Waals surface area contributed by atoms with Crippen molar-refractivity contribution in [1.29, 1.82) is 0 Å². The van der Waals surface area contributed by atoms with Gasteiger partial charge in [0.2, 0.25) is 0 Å². The van der Waals surface area contributed by atoms with E-state index in [-0.39, 0.29) is 24.9 Å². The van der Waals surface area contributed by atoms with E-state index in [0.29, 0.717) is 49.8 Å². The number of amides is 1. The number of nitrogens with zero attached hydrogens (tertiary/aromatic N) is 1. The summed E-state index contributed by atoms with van der Waals surface area (Å²) < 4.78 is 17.6. The topological polar surface area (TPSA) is 65.1 Å². The van der Waals surface area contributed by atoms with Gasteiger partial charge in [-0.1, -0.05) is 53.8 Å². The fourth-order valence-electron chi connectivity index (χ4n) is 3.19. The summed E-state index contributed by atoms with van der Waals surface area (Å²) in [5.41, 5.74) is 1.61. The summed E-state index contributed by atoms with van der Waals surface area (Å²) in [6.07, 6.45) is 2.48. The molecule has 10 heteroatoms. The first-order valence-electron chi connectivity index (χ1n) is 10.5. The summed E-state index contributed by atoms with van der Waals surface area (Å²) in [6, 6.07) is 11.1. The van der Waals surface area contributed by atoms with E-state index in [0.717, 1.165) is 11.1 Å². The standard InChI is InChI=1S/C24H23BrClNO5S2/c1-3-31-21(28)9-6-10-27-23(29)20(34-24(27)33)13-15-11-17(25)22(19(12-15)30-2)32-14-16-7-4-5-8-18(16)26/h4-5,7-8,11-13H,3,6,9-10,14H2,1-2H3/b20-13-. The third kappa shape index (κ3) is 6.75. The molecule has 6 nitrogen and oxygen atoms in total. The lowest BCUT2D eigenvalue weighted by Gasteiger charge is -2.14. The number of ether oxygens (including phenoxy) is 3. The number of hydrogen-bond acceptors (Lipinski definition) is 7. The number of halogens is 2. The maximum absolute atomic E-state index is 12.9. The molecule has 0 atom stereocenters. The minimum atomic E-state index is -0.280. The average molecular weight is 585 g/mol. The van der Waals surface area contributed by atoms with Crippen LogP contribution in [-0.2, 0) is 20.9 Å². The van der Waals surface area contributed by atoms with Crippen LogP contribution in [0.4, 0.5) is 0 Å². The van der Waals surface area contributed by atoms with E-state index < -0.39 is 0 Å². The molecule has 1 fully saturated rings. The minimum Gasteiger partial charge on any atom is -0.493 e. The van der Waals surface area contributed by atoms with Crippen molar-refractivity contribution in [3.05, 3.63) is 61.9 Å². The molecule has 0 unspecified atom stereocenters. The molecule has 1 aliphatic rings. The van der Waals surface area contributed by atoms with Gasteiger partial charge in [0.25, 0.3) is 5.91 Å². The molecule has 0 bridgehead atoms. The molecule has 0 aliphatic carbocycles. The summed E-state index contributed by atoms with van der Waals surface area (Å²) in [4.78, 5) is 26.4. The fraction of sp³-hybridized carbons (Fsp3) is 0.292. The Labute approximate surface area is 221 Å². The molecule has 0 N–H and O–H groups in total. The van der Waals surface area contributed by atoms with E-state index in [2.05, 4.69) is 15.9 Å². The molecule has 180 valence electrons. The Kier molecular flexibility index (Phi) is 9.82. The Morgan fingerprint density at radius 3 is 2.76 bits per heavy atom. The van der Waals surface area contributed by atoms with Gasteiger partial charge in [0.05, 0.1) is 23.1 Å². The van der Waals surface area contributed by atoms with E-state index >= 15 is 0 Å². The maximum Gasteiger partial charge on any atom is 0.305 e. The molecule has 1 saturated heterocycles. The van der Waals surface area contributed by atoms with E-state index in [9.17, 15) is 9.59 Å². The molecule has 2 aromatic carbocycles. The normalized spacial score (nSPS) is 14.6. The number of carbonyl (C=O) groups excluding carboxylic acids is 2. The van der Waals surface area contributed by atoms with Gasteiger partial charge in [0.15, 0.2) is 11.5 Å². The highest BCUT2D eigenvalue weighted by molar-refractivity contribution is 9.10. The summed E-state index contributed by atoms with van der Waals surface area (Å²) in [5.74, 6) is 0.578. The fourth-order valence-corrected chi connectivity index (χ4v) is 5.26. The zero-order chi connectivity index (χ0) is 24.7. The number of benzene rings is 2. The summed E-state index contributed by atoms with van der Waals surface area (Å²) in [6.45, 7) is 2.74. The third-order valence-electron chi connectivity index (χ3n) is 4.82. The van der Waals surface area contributed by atoms with Gasteiger partial charge in [-0.15, -0.1) is 0 Å². The van der Waals surface area contributed by atoms with Crippen molar-refractivity contribution in [3.8, 4) is 11.5 Å². The average Bonchev–Trinajstić information content (AvgIpc) is 3.06. The molecule has 1 amide bonds. The molecule has 0 saturated carbocycles. The Hall–Kier alpha value is -2.07. The van der Waals surface area contributed by atoms with Crippen LogP contribution in [0.5, 0.6) is 11.5 Å². The van der Waals surface area contributed by atoms with E-state index in [4.69, 9.17) is 38.0 Å². The smallest absolute Gasteiger partial charge is 0.305 e. The third-order valence-corrected chi connectivity index (χ3v) is 7.16. The molecule has 34 heavy (non-hydrogen) atoms. The van der Waals surface area contributed by atoms with Gasteiger partial charge in [-0.3, -0.25) is 14.5 Å². The minimum absolute atomic E-state index is 0.187. The van der Waals surface area contributed by atoms with Crippen LogP contribution in [0.3, 0.4) is 0 Å². The zero-order valence-electron chi connectivity index (χ0n) is 18.6. The second-order valence-corrected chi connectivity index (χ2v) is 10.1. The quantitative estimate of drug-likeness (QED) is 0.186. The highest BCUT2D eigenvalue weighted by atomic mass is 79.9. The lowest BCUT2D eigenvalue weighted by Crippen LogP contribution is -2.29. The molecule has 1 aliphatic heterocycles. The molecule has 1 heterocycles. The monoisotopic (exact) mass is 583 g/mol. The summed E-state index contributed by atoms with van der Waals surface area (Å²) >= 11 is 16.4. The van der Waals surface area contributed by atoms with Gasteiger partial charge in [-0.2, -0.15) is 0 Å². The number of hydrogen-bond donors (Lipinski definition) is 0. The second kappa shape index (κ2) is 12.6. The van der Waals surface area contributed by atoms with Gasteiger partial charge < -0.3 is 14.2 Å². The number of thiocarbonyl (C=S) groups is 1. The Morgan fingerprint density at radius 1 is 1.29 bits per heavy atom. The highest BCUT2D eigenvalue weighted by Crippen LogP contribution is 2.39. The number of thioether (sulfide) groups is 1. The Morgan fingerprint density at radius 2 is 2.06 bits per heavy atom. The number of carbonyl (C=O) groups is 2. The maximum atomic E-state index is 12.9. The van der Waals surface area contributed by atoms with Crippen LogP contribution in [0.2, 0.25) is 5.02 Å². The van der Waals surface area contributed by atoms with Crippen molar-refractivity contribution in [2.75, 3.05) is 20.3 Å². The molecular formula is C24H23BrClNO5S2. The van der Waals surface area contributed by atoms with Crippen LogP contribution in [-0.4, -0.2) is 41.4 Å². The predicted molar refractivity (Wildman–Crippen MR) is 142 cm³/mol. The lowest BCUT2D eigenvalue weighted by molar-refractivity contribution is -0.143. The second-order valence-electron chi connectivity index (χ2n) is 7.16. The van der Waals surface area contributed by atoms with Crippen LogP contribution in [0.15, 0.2) is 45.8 Å². The summed E-state index contributed by atoms with van der Waals surface area (Å²) in [5, 5.41) is 0.624. The number of methoxy groups -OCH3 is 1. The van der Waals surface area contributed by atoms with Crippen molar-refractivity contribution in [2.45, 2.75) is 26.4 Å². The van der Waals surface area contributed by atoms with Gasteiger partial charge in [0.1, 0.15) is 10.9 Å². The molecule has 2 aromatic rings. The van der Waals surface area contributed by atoms with Crippen LogP contribution in [0.1, 0.15) is 30.9 Å². The first kappa shape index (κ1) is 26.5. The van der Waals surface area contributed by atoms with E-state index in [1.54, 1.807) is 26.2 Å². The Balaban J connectivity index is 1.72. The molecular weight excluding hydrogens is 562 g/mol. The number of rotatable bonds is 10. The van der Waals surface area contributed by atoms with E-state index in [1.165, 1.54) is 16.7 Å². The van der Waals surface area contributed by atoms with Crippen LogP contribution in [0, 0.1) is 0 Å². The lowest BCUT2D eigenvalue weighted by atomic mass is 10.1. The summed E-state index contributed by atoms with van der Waals surface area (Å²) in [7, 11) is 1.55. The SMILES string of the molecule is CCOC(=O)CCCN1C(=O)/C(=C/c2cc(Br)c(OCc3ccccc3Cl)c(OC)c2)SC1=S. The van der Waals surface area contributed by atoms with Crippen molar-refractivity contribution >= 4 is 73.8 Å². The van der Waals surface area contributed by atoms with Gasteiger partial charge in [-0.05, 0) is 59.1 Å². The first-order chi connectivity index (χ1) is 16.3. The zero-order valence-corrected chi connectivity index (χ0v) is 22.6. The first-order valence-corrected chi connectivity index (χ1v) is 12.9. The van der Waals surface area contributed by atoms with Crippen molar-refractivity contribution < 1.29 is 23.8 Å². The van der Waals surface area contributed by atoms with Gasteiger partial charge in [-0.25, -0.2) is 0 Å². The Bertz CT molecular complexity index is 1120. The van der Waals surface area contributed by atoms with Crippen molar-refractivity contribution in [3.63, 3.8) is 0 Å². The van der Waals surface area contributed by atoms with Crippen LogP contribution in [0.25, 0.3) is 6.08 Å². The molecule has 0 spiro atoms. The van der Waals surface area contributed by atoms with Crippen LogP contribution >= 0.6 is 51.5 Å². The van der Waals surface area contributed by atoms with Gasteiger partial charge >= 0.3 is 5.97 Å². The molecule has 0 radical (unpaired) electrons. The van der Waals surface area contributed by atoms with Crippen molar-refractivity contribution in [2.24, 2.45) is 0 Å². The number of esters is 1. The van der Waals surface area contributed by atoms with E-state index in [1.807, 2.05) is 30.3 Å². The van der Waals surface area contributed by atoms with Gasteiger partial charge in [0, 0.05) is 23.6 Å². The molecule has 3 rings (SSSR count). The molecule has 0 aromatic heterocycles. The predicted octanol–water partition coefficient (Wildman–Crippen LogP) is 6.23. The van der Waals surface area contributed by atoms with Crippen molar-refractivity contribution in [1.82, 2.24) is 4.90 Å².